The summed E-state index contributed by atoms with van der Waals surface area (Å²) in [7, 11) is 1.31. The molecule has 1 aliphatic heterocycles. The van der Waals surface area contributed by atoms with Crippen LogP contribution >= 0.6 is 11.6 Å². The van der Waals surface area contributed by atoms with E-state index in [1.54, 1.807) is 6.33 Å². The minimum absolute atomic E-state index is 0.152. The number of fused-ring (bicyclic) bond motifs is 1. The molecule has 0 aromatic carbocycles. The first-order chi connectivity index (χ1) is 8.67. The minimum Gasteiger partial charge on any atom is -0.467 e. The van der Waals surface area contributed by atoms with Gasteiger partial charge in [0.15, 0.2) is 0 Å². The molecule has 1 unspecified atom stereocenters. The average molecular weight is 272 g/mol. The van der Waals surface area contributed by atoms with Crippen LogP contribution in [0.5, 0.6) is 0 Å². The van der Waals surface area contributed by atoms with E-state index < -0.39 is 12.0 Å². The number of aromatic amines is 1. The van der Waals surface area contributed by atoms with Crippen LogP contribution in [-0.4, -0.2) is 45.8 Å². The molecule has 1 N–H and O–H groups in total. The minimum atomic E-state index is -0.610. The van der Waals surface area contributed by atoms with Crippen LogP contribution in [0.25, 0.3) is 0 Å². The summed E-state index contributed by atoms with van der Waals surface area (Å²) in [5, 5.41) is 0. The number of hydrogen-bond acceptors (Lipinski definition) is 4. The van der Waals surface area contributed by atoms with Gasteiger partial charge in [-0.2, -0.15) is 0 Å². The van der Waals surface area contributed by atoms with Crippen LogP contribution in [-0.2, 0) is 27.3 Å². The lowest BCUT2D eigenvalue weighted by Crippen LogP contribution is -2.49. The quantitative estimate of drug-likeness (QED) is 0.640. The van der Waals surface area contributed by atoms with Crippen LogP contribution < -0.4 is 0 Å². The van der Waals surface area contributed by atoms with Crippen LogP contribution in [0.3, 0.4) is 0 Å². The molecule has 1 atom stereocenters. The van der Waals surface area contributed by atoms with E-state index in [0.717, 1.165) is 11.4 Å². The fraction of sp³-hybridized carbons (Fsp3) is 0.545. The van der Waals surface area contributed by atoms with Gasteiger partial charge in [-0.15, -0.1) is 11.6 Å². The Morgan fingerprint density at radius 2 is 2.44 bits per heavy atom. The van der Waals surface area contributed by atoms with Gasteiger partial charge in [-0.05, 0) is 0 Å². The third-order valence-electron chi connectivity index (χ3n) is 3.00. The molecule has 2 heterocycles. The first-order valence-electron chi connectivity index (χ1n) is 5.61. The van der Waals surface area contributed by atoms with E-state index in [9.17, 15) is 9.59 Å². The molecule has 0 saturated heterocycles. The lowest BCUT2D eigenvalue weighted by Gasteiger charge is -2.33. The van der Waals surface area contributed by atoms with Gasteiger partial charge >= 0.3 is 5.97 Å². The van der Waals surface area contributed by atoms with Crippen LogP contribution in [0.1, 0.15) is 17.8 Å². The molecule has 1 aromatic heterocycles. The number of rotatable bonds is 3. The molecule has 0 bridgehead atoms. The van der Waals surface area contributed by atoms with Gasteiger partial charge in [-0.25, -0.2) is 9.78 Å². The molecule has 0 spiro atoms. The number of esters is 1. The van der Waals surface area contributed by atoms with Crippen molar-refractivity contribution in [3.63, 3.8) is 0 Å². The first-order valence-corrected chi connectivity index (χ1v) is 6.15. The Morgan fingerprint density at radius 3 is 3.11 bits per heavy atom. The highest BCUT2D eigenvalue weighted by Crippen LogP contribution is 2.22. The maximum atomic E-state index is 12.0. The standard InChI is InChI=1S/C11H14ClN3O3/c1-18-11(17)9-4-7-8(14-6-13-7)5-15(9)10(16)2-3-12/h6,9H,2-5H2,1H3,(H,13,14). The Balaban J connectivity index is 2.24. The maximum absolute atomic E-state index is 12.0. The number of hydrogen-bond donors (Lipinski definition) is 1. The molecule has 0 fully saturated rings. The number of methoxy groups -OCH3 is 1. The zero-order valence-corrected chi connectivity index (χ0v) is 10.7. The summed E-state index contributed by atoms with van der Waals surface area (Å²) < 4.78 is 4.74. The number of ether oxygens (including phenoxy) is 1. The smallest absolute Gasteiger partial charge is 0.329 e. The number of alkyl halides is 1. The SMILES string of the molecule is COC(=O)C1Cc2nc[nH]c2CN1C(=O)CCCl. The van der Waals surface area contributed by atoms with Crippen molar-refractivity contribution >= 4 is 23.5 Å². The Labute approximate surface area is 109 Å². The molecular weight excluding hydrogens is 258 g/mol. The van der Waals surface area contributed by atoms with E-state index in [1.807, 2.05) is 0 Å². The highest BCUT2D eigenvalue weighted by atomic mass is 35.5. The van der Waals surface area contributed by atoms with Crippen molar-refractivity contribution in [1.82, 2.24) is 14.9 Å². The van der Waals surface area contributed by atoms with Gasteiger partial charge in [0.2, 0.25) is 5.91 Å². The van der Waals surface area contributed by atoms with E-state index in [4.69, 9.17) is 16.3 Å². The largest absolute Gasteiger partial charge is 0.467 e. The van der Waals surface area contributed by atoms with Gasteiger partial charge in [0.05, 0.1) is 31.4 Å². The molecule has 0 saturated carbocycles. The zero-order valence-electron chi connectivity index (χ0n) is 9.98. The fourth-order valence-corrected chi connectivity index (χ4v) is 2.23. The summed E-state index contributed by atoms with van der Waals surface area (Å²) >= 11 is 5.57. The summed E-state index contributed by atoms with van der Waals surface area (Å²) in [6.45, 7) is 0.338. The second kappa shape index (κ2) is 5.39. The Morgan fingerprint density at radius 1 is 1.67 bits per heavy atom. The second-order valence-electron chi connectivity index (χ2n) is 4.03. The molecule has 6 nitrogen and oxygen atoms in total. The molecule has 0 radical (unpaired) electrons. The monoisotopic (exact) mass is 271 g/mol. The first kappa shape index (κ1) is 12.9. The molecule has 1 aliphatic rings. The Kier molecular flexibility index (Phi) is 3.86. The van der Waals surface area contributed by atoms with Crippen LogP contribution in [0.2, 0.25) is 0 Å². The van der Waals surface area contributed by atoms with Crippen molar-refractivity contribution in [2.24, 2.45) is 0 Å². The predicted octanol–water partition coefficient (Wildman–Crippen LogP) is 0.465. The summed E-state index contributed by atoms with van der Waals surface area (Å²) in [5.41, 5.74) is 1.67. The number of amides is 1. The van der Waals surface area contributed by atoms with Crippen molar-refractivity contribution in [3.8, 4) is 0 Å². The number of nitrogens with one attached hydrogen (secondary N) is 1. The number of nitrogens with zero attached hydrogens (tertiary/aromatic N) is 2. The van der Waals surface area contributed by atoms with Crippen molar-refractivity contribution < 1.29 is 14.3 Å². The summed E-state index contributed by atoms with van der Waals surface area (Å²) in [6.07, 6.45) is 2.15. The third kappa shape index (κ3) is 2.33. The van der Waals surface area contributed by atoms with Crippen LogP contribution in [0, 0.1) is 0 Å². The van der Waals surface area contributed by atoms with E-state index in [1.165, 1.54) is 12.0 Å². The van der Waals surface area contributed by atoms with Gasteiger partial charge in [-0.3, -0.25) is 4.79 Å². The van der Waals surface area contributed by atoms with Crippen molar-refractivity contribution in [1.29, 1.82) is 0 Å². The highest BCUT2D eigenvalue weighted by Gasteiger charge is 2.36. The number of H-pyrrole nitrogens is 1. The summed E-state index contributed by atoms with van der Waals surface area (Å²) in [4.78, 5) is 32.3. The molecule has 98 valence electrons. The van der Waals surface area contributed by atoms with Crippen LogP contribution in [0.4, 0.5) is 0 Å². The highest BCUT2D eigenvalue weighted by molar-refractivity contribution is 6.18. The second-order valence-corrected chi connectivity index (χ2v) is 4.41. The van der Waals surface area contributed by atoms with Gasteiger partial charge in [0, 0.05) is 18.7 Å². The Bertz CT molecular complexity index is 460. The number of carbonyl (C=O) groups excluding carboxylic acids is 2. The van der Waals surface area contributed by atoms with Crippen molar-refractivity contribution in [3.05, 3.63) is 17.7 Å². The van der Waals surface area contributed by atoms with Gasteiger partial charge in [0.1, 0.15) is 6.04 Å². The van der Waals surface area contributed by atoms with E-state index in [2.05, 4.69) is 9.97 Å². The topological polar surface area (TPSA) is 75.3 Å². The molecule has 1 amide bonds. The molecular formula is C11H14ClN3O3. The van der Waals surface area contributed by atoms with E-state index in [-0.39, 0.29) is 18.2 Å². The lowest BCUT2D eigenvalue weighted by atomic mass is 10.0. The molecule has 7 heteroatoms. The zero-order chi connectivity index (χ0) is 13.1. The van der Waals surface area contributed by atoms with Crippen LogP contribution in [0.15, 0.2) is 6.33 Å². The molecule has 2 rings (SSSR count). The normalized spacial score (nSPS) is 18.3. The summed E-state index contributed by atoms with van der Waals surface area (Å²) in [5.74, 6) is -0.341. The number of aromatic nitrogens is 2. The maximum Gasteiger partial charge on any atom is 0.329 e. The third-order valence-corrected chi connectivity index (χ3v) is 3.19. The fourth-order valence-electron chi connectivity index (χ4n) is 2.07. The number of imidazole rings is 1. The van der Waals surface area contributed by atoms with Gasteiger partial charge < -0.3 is 14.6 Å². The lowest BCUT2D eigenvalue weighted by molar-refractivity contribution is -0.154. The average Bonchev–Trinajstić information content (AvgIpc) is 2.83. The molecule has 1 aromatic rings. The number of halogens is 1. The predicted molar refractivity (Wildman–Crippen MR) is 64.0 cm³/mol. The van der Waals surface area contributed by atoms with Gasteiger partial charge in [0.25, 0.3) is 0 Å². The Hall–Kier alpha value is -1.56. The number of carbonyl (C=O) groups is 2. The van der Waals surface area contributed by atoms with Crippen molar-refractivity contribution in [2.45, 2.75) is 25.4 Å². The van der Waals surface area contributed by atoms with Gasteiger partial charge in [-0.1, -0.05) is 0 Å². The van der Waals surface area contributed by atoms with Crippen molar-refractivity contribution in [2.75, 3.05) is 13.0 Å². The molecule has 18 heavy (non-hydrogen) atoms. The van der Waals surface area contributed by atoms with E-state index in [0.29, 0.717) is 13.0 Å². The summed E-state index contributed by atoms with van der Waals surface area (Å²) in [6, 6.07) is -0.610. The van der Waals surface area contributed by atoms with E-state index >= 15 is 0 Å². The molecule has 0 aliphatic carbocycles.